The number of phenols is 1. The van der Waals surface area contributed by atoms with Crippen LogP contribution in [0.3, 0.4) is 0 Å². The number of benzene rings is 2. The van der Waals surface area contributed by atoms with Gasteiger partial charge in [0.15, 0.2) is 11.5 Å². The smallest absolute Gasteiger partial charge is 0.295 e. The highest BCUT2D eigenvalue weighted by Gasteiger charge is 2.46. The van der Waals surface area contributed by atoms with Gasteiger partial charge in [-0.2, -0.15) is 0 Å². The van der Waals surface area contributed by atoms with Gasteiger partial charge in [-0.1, -0.05) is 17.7 Å². The molecule has 2 aliphatic heterocycles. The fraction of sp³-hybridized carbons (Fsp3) is 0.273. The third-order valence-electron chi connectivity index (χ3n) is 5.26. The maximum absolute atomic E-state index is 13.0. The Morgan fingerprint density at radius 2 is 1.90 bits per heavy atom. The van der Waals surface area contributed by atoms with Gasteiger partial charge >= 0.3 is 0 Å². The summed E-state index contributed by atoms with van der Waals surface area (Å²) in [5.74, 6) is -0.967. The van der Waals surface area contributed by atoms with E-state index in [1.807, 2.05) is 19.0 Å². The van der Waals surface area contributed by atoms with E-state index in [0.717, 1.165) is 0 Å². The van der Waals surface area contributed by atoms with Gasteiger partial charge in [0.25, 0.3) is 11.7 Å². The fourth-order valence-electron chi connectivity index (χ4n) is 3.66. The molecule has 2 heterocycles. The van der Waals surface area contributed by atoms with E-state index in [9.17, 15) is 19.8 Å². The van der Waals surface area contributed by atoms with Crippen LogP contribution in [-0.4, -0.2) is 65.7 Å². The number of likely N-dealkylation sites (tertiary alicyclic amines) is 1. The van der Waals surface area contributed by atoms with Crippen molar-refractivity contribution in [1.82, 2.24) is 9.80 Å². The first-order chi connectivity index (χ1) is 14.8. The molecule has 31 heavy (non-hydrogen) atoms. The van der Waals surface area contributed by atoms with Gasteiger partial charge in [-0.3, -0.25) is 9.59 Å². The van der Waals surface area contributed by atoms with E-state index in [1.165, 1.54) is 17.0 Å². The van der Waals surface area contributed by atoms with Gasteiger partial charge in [-0.15, -0.1) is 0 Å². The van der Waals surface area contributed by atoms with Gasteiger partial charge in [0.1, 0.15) is 11.5 Å². The number of hydrogen-bond donors (Lipinski definition) is 2. The molecule has 1 unspecified atom stereocenters. The van der Waals surface area contributed by atoms with Crippen LogP contribution in [0.4, 0.5) is 0 Å². The molecule has 162 valence electrons. The lowest BCUT2D eigenvalue weighted by molar-refractivity contribution is -0.140. The highest BCUT2D eigenvalue weighted by Crippen LogP contribution is 2.42. The zero-order chi connectivity index (χ0) is 22.3. The monoisotopic (exact) mass is 444 g/mol. The number of carbonyl (C=O) groups is 2. The molecular weight excluding hydrogens is 424 g/mol. The van der Waals surface area contributed by atoms with Crippen LogP contribution in [0.2, 0.25) is 5.02 Å². The number of Topliss-reactive ketones (excluding diaryl/α,β-unsaturated/α-hetero) is 1. The third kappa shape index (κ3) is 3.80. The predicted molar refractivity (Wildman–Crippen MR) is 113 cm³/mol. The molecule has 1 amide bonds. The topological polar surface area (TPSA) is 99.5 Å². The maximum Gasteiger partial charge on any atom is 0.295 e. The Hall–Kier alpha value is -3.23. The minimum Gasteiger partial charge on any atom is -0.507 e. The second-order valence-corrected chi connectivity index (χ2v) is 7.98. The van der Waals surface area contributed by atoms with Gasteiger partial charge in [-0.05, 0) is 50.0 Å². The maximum atomic E-state index is 13.0. The van der Waals surface area contributed by atoms with Crippen molar-refractivity contribution in [3.8, 4) is 17.2 Å². The standard InChI is InChI=1S/C22H21ClN2O6/c1-24(2)7-8-25-19(12-3-5-15(26)14(23)9-12)18(21(28)22(25)29)20(27)13-4-6-16-17(10-13)31-11-30-16/h3-6,9-10,19,26-27H,7-8,11H2,1-2H3/b20-18-. The second-order valence-electron chi connectivity index (χ2n) is 7.57. The number of ether oxygens (including phenoxy) is 2. The molecule has 1 saturated heterocycles. The van der Waals surface area contributed by atoms with Crippen molar-refractivity contribution >= 4 is 29.1 Å². The van der Waals surface area contributed by atoms with Gasteiger partial charge in [0.05, 0.1) is 16.6 Å². The van der Waals surface area contributed by atoms with Gasteiger partial charge in [0, 0.05) is 18.7 Å². The summed E-state index contributed by atoms with van der Waals surface area (Å²) < 4.78 is 10.6. The Morgan fingerprint density at radius 1 is 1.16 bits per heavy atom. The minimum atomic E-state index is -0.858. The summed E-state index contributed by atoms with van der Waals surface area (Å²) in [5, 5.41) is 21.0. The van der Waals surface area contributed by atoms with Crippen LogP contribution in [0.5, 0.6) is 17.2 Å². The Balaban J connectivity index is 1.84. The molecule has 0 bridgehead atoms. The van der Waals surface area contributed by atoms with Crippen molar-refractivity contribution in [3.63, 3.8) is 0 Å². The lowest BCUT2D eigenvalue weighted by atomic mass is 9.95. The molecule has 1 atom stereocenters. The molecule has 2 N–H and O–H groups in total. The summed E-state index contributed by atoms with van der Waals surface area (Å²) in [6.45, 7) is 0.846. The molecule has 2 aromatic rings. The summed E-state index contributed by atoms with van der Waals surface area (Å²) in [4.78, 5) is 29.1. The summed E-state index contributed by atoms with van der Waals surface area (Å²) in [6, 6.07) is 8.39. The zero-order valence-electron chi connectivity index (χ0n) is 17.0. The lowest BCUT2D eigenvalue weighted by Crippen LogP contribution is -2.35. The molecule has 1 fully saturated rings. The number of aliphatic hydroxyl groups excluding tert-OH is 1. The number of phenolic OH excluding ortho intramolecular Hbond substituents is 1. The molecule has 0 radical (unpaired) electrons. The first kappa shape index (κ1) is 21.0. The number of rotatable bonds is 5. The lowest BCUT2D eigenvalue weighted by Gasteiger charge is -2.26. The molecule has 2 aliphatic rings. The van der Waals surface area contributed by atoms with Crippen molar-refractivity contribution in [2.75, 3.05) is 34.0 Å². The number of ketones is 1. The summed E-state index contributed by atoms with van der Waals surface area (Å²) in [5.41, 5.74) is 0.775. The summed E-state index contributed by atoms with van der Waals surface area (Å²) in [7, 11) is 3.71. The van der Waals surface area contributed by atoms with E-state index in [2.05, 4.69) is 0 Å². The van der Waals surface area contributed by atoms with Crippen LogP contribution in [0, 0.1) is 0 Å². The first-order valence-corrected chi connectivity index (χ1v) is 9.97. The van der Waals surface area contributed by atoms with Crippen LogP contribution in [0.15, 0.2) is 42.0 Å². The van der Waals surface area contributed by atoms with Crippen molar-refractivity contribution in [2.45, 2.75) is 6.04 Å². The Morgan fingerprint density at radius 3 is 2.61 bits per heavy atom. The van der Waals surface area contributed by atoms with E-state index in [0.29, 0.717) is 29.2 Å². The van der Waals surface area contributed by atoms with Crippen LogP contribution in [-0.2, 0) is 9.59 Å². The Bertz CT molecular complexity index is 1100. The largest absolute Gasteiger partial charge is 0.507 e. The summed E-state index contributed by atoms with van der Waals surface area (Å²) in [6.07, 6.45) is 0. The number of aliphatic hydroxyl groups is 1. The number of amides is 1. The Kier molecular flexibility index (Phi) is 5.51. The number of nitrogens with zero attached hydrogens (tertiary/aromatic N) is 2. The highest BCUT2D eigenvalue weighted by atomic mass is 35.5. The fourth-order valence-corrected chi connectivity index (χ4v) is 3.85. The number of carbonyl (C=O) groups excluding carboxylic acids is 2. The number of aromatic hydroxyl groups is 1. The summed E-state index contributed by atoms with van der Waals surface area (Å²) >= 11 is 6.09. The molecular formula is C22H21ClN2O6. The zero-order valence-corrected chi connectivity index (χ0v) is 17.7. The van der Waals surface area contributed by atoms with Crippen LogP contribution in [0.1, 0.15) is 17.2 Å². The molecule has 4 rings (SSSR count). The molecule has 8 nitrogen and oxygen atoms in total. The van der Waals surface area contributed by atoms with Crippen molar-refractivity contribution < 1.29 is 29.3 Å². The molecule has 0 aromatic heterocycles. The third-order valence-corrected chi connectivity index (χ3v) is 5.56. The average Bonchev–Trinajstić information content (AvgIpc) is 3.30. The normalized spacial score (nSPS) is 19.5. The van der Waals surface area contributed by atoms with E-state index in [-0.39, 0.29) is 35.4 Å². The van der Waals surface area contributed by atoms with Crippen LogP contribution in [0.25, 0.3) is 5.76 Å². The molecule has 9 heteroatoms. The van der Waals surface area contributed by atoms with E-state index < -0.39 is 17.7 Å². The number of fused-ring (bicyclic) bond motifs is 1. The molecule has 0 aliphatic carbocycles. The predicted octanol–water partition coefficient (Wildman–Crippen LogP) is 2.76. The number of likely N-dealkylation sites (N-methyl/N-ethyl adjacent to an activating group) is 1. The Labute approximate surface area is 183 Å². The molecule has 0 spiro atoms. The van der Waals surface area contributed by atoms with E-state index in [1.54, 1.807) is 24.3 Å². The number of halogens is 1. The van der Waals surface area contributed by atoms with Crippen molar-refractivity contribution in [3.05, 3.63) is 58.1 Å². The molecule has 2 aromatic carbocycles. The van der Waals surface area contributed by atoms with Gasteiger partial charge in [0.2, 0.25) is 6.79 Å². The SMILES string of the molecule is CN(C)CCN1C(=O)C(=O)/C(=C(\O)c2ccc3c(c2)OCO3)C1c1ccc(O)c(Cl)c1. The minimum absolute atomic E-state index is 0.0515. The van der Waals surface area contributed by atoms with E-state index >= 15 is 0 Å². The van der Waals surface area contributed by atoms with Crippen molar-refractivity contribution in [1.29, 1.82) is 0 Å². The first-order valence-electron chi connectivity index (χ1n) is 9.59. The quantitative estimate of drug-likeness (QED) is 0.415. The van der Waals surface area contributed by atoms with E-state index in [4.69, 9.17) is 21.1 Å². The van der Waals surface area contributed by atoms with Crippen molar-refractivity contribution in [2.24, 2.45) is 0 Å². The van der Waals surface area contributed by atoms with Gasteiger partial charge < -0.3 is 29.5 Å². The average molecular weight is 445 g/mol. The second kappa shape index (κ2) is 8.13. The molecule has 0 saturated carbocycles. The van der Waals surface area contributed by atoms with Gasteiger partial charge in [-0.25, -0.2) is 0 Å². The van der Waals surface area contributed by atoms with Crippen LogP contribution >= 0.6 is 11.6 Å². The highest BCUT2D eigenvalue weighted by molar-refractivity contribution is 6.46. The van der Waals surface area contributed by atoms with Crippen LogP contribution < -0.4 is 9.47 Å². The number of hydrogen-bond acceptors (Lipinski definition) is 7.